The summed E-state index contributed by atoms with van der Waals surface area (Å²) in [5.74, 6) is 0. The van der Waals surface area contributed by atoms with Crippen LogP contribution in [0.1, 0.15) is 0 Å². The normalized spacial score (nSPS) is 11.9. The van der Waals surface area contributed by atoms with Gasteiger partial charge in [0.2, 0.25) is 0 Å². The number of nitrogens with zero attached hydrogens (tertiary/aromatic N) is 1. The van der Waals surface area contributed by atoms with E-state index in [0.29, 0.717) is 0 Å². The highest BCUT2D eigenvalue weighted by atomic mass is 15.1. The molecule has 0 aliphatic heterocycles. The molecule has 264 valence electrons. The molecule has 0 fully saturated rings. The summed E-state index contributed by atoms with van der Waals surface area (Å²) in [6.45, 7) is 0. The first kappa shape index (κ1) is 31.8. The van der Waals surface area contributed by atoms with Gasteiger partial charge in [-0.2, -0.15) is 0 Å². The van der Waals surface area contributed by atoms with E-state index in [1.54, 1.807) is 0 Å². The van der Waals surface area contributed by atoms with Crippen LogP contribution in [0.15, 0.2) is 212 Å². The van der Waals surface area contributed by atoms with Crippen LogP contribution >= 0.6 is 0 Å². The van der Waals surface area contributed by atoms with Crippen molar-refractivity contribution < 1.29 is 0 Å². The second-order valence-electron chi connectivity index (χ2n) is 15.3. The predicted molar refractivity (Wildman–Crippen MR) is 246 cm³/mol. The van der Waals surface area contributed by atoms with E-state index in [-0.39, 0.29) is 0 Å². The lowest BCUT2D eigenvalue weighted by Crippen LogP contribution is -2.11. The molecule has 0 N–H and O–H groups in total. The van der Waals surface area contributed by atoms with Crippen LogP contribution in [0.3, 0.4) is 0 Å². The van der Waals surface area contributed by atoms with Gasteiger partial charge in [-0.15, -0.1) is 0 Å². The van der Waals surface area contributed by atoms with Gasteiger partial charge < -0.3 is 4.90 Å². The monoisotopic (exact) mass is 721 g/mol. The fourth-order valence-electron chi connectivity index (χ4n) is 9.53. The Hall–Kier alpha value is -7.48. The third-order valence-corrected chi connectivity index (χ3v) is 12.1. The van der Waals surface area contributed by atoms with Crippen molar-refractivity contribution in [3.05, 3.63) is 212 Å². The molecule has 0 amide bonds. The maximum atomic E-state index is 2.46. The van der Waals surface area contributed by atoms with Crippen LogP contribution in [0, 0.1) is 0 Å². The van der Waals surface area contributed by atoms with Crippen molar-refractivity contribution in [1.82, 2.24) is 0 Å². The molecule has 12 aromatic carbocycles. The van der Waals surface area contributed by atoms with Gasteiger partial charge in [-0.05, 0) is 128 Å². The van der Waals surface area contributed by atoms with Gasteiger partial charge in [-0.1, -0.05) is 176 Å². The van der Waals surface area contributed by atoms with Crippen molar-refractivity contribution in [3.8, 4) is 22.3 Å². The molecule has 0 spiro atoms. The molecule has 1 heteroatoms. The largest absolute Gasteiger partial charge is 0.310 e. The Labute approximate surface area is 330 Å². The van der Waals surface area contributed by atoms with E-state index >= 15 is 0 Å². The minimum Gasteiger partial charge on any atom is -0.310 e. The first-order chi connectivity index (χ1) is 28.3. The molecule has 12 rings (SSSR count). The average Bonchev–Trinajstić information content (AvgIpc) is 3.28. The van der Waals surface area contributed by atoms with Crippen LogP contribution in [-0.4, -0.2) is 0 Å². The van der Waals surface area contributed by atoms with E-state index in [2.05, 4.69) is 217 Å². The minimum absolute atomic E-state index is 1.10. The maximum Gasteiger partial charge on any atom is 0.0540 e. The molecule has 57 heavy (non-hydrogen) atoms. The van der Waals surface area contributed by atoms with E-state index in [1.165, 1.54) is 97.7 Å². The summed E-state index contributed by atoms with van der Waals surface area (Å²) in [6, 6.07) is 78.6. The summed E-state index contributed by atoms with van der Waals surface area (Å²) in [6.07, 6.45) is 0. The van der Waals surface area contributed by atoms with Gasteiger partial charge in [-0.25, -0.2) is 0 Å². The molecular weight excluding hydrogens is 687 g/mol. The summed E-state index contributed by atoms with van der Waals surface area (Å²) in [5, 5.41) is 17.8. The molecule has 0 saturated heterocycles. The third-order valence-electron chi connectivity index (χ3n) is 12.1. The molecule has 0 heterocycles. The van der Waals surface area contributed by atoms with Gasteiger partial charge >= 0.3 is 0 Å². The van der Waals surface area contributed by atoms with Gasteiger partial charge in [0.15, 0.2) is 0 Å². The highest BCUT2D eigenvalue weighted by molar-refractivity contribution is 6.37. The number of para-hydroxylation sites is 1. The second-order valence-corrected chi connectivity index (χ2v) is 15.3. The topological polar surface area (TPSA) is 3.24 Å². The van der Waals surface area contributed by atoms with E-state index in [0.717, 1.165) is 17.1 Å². The number of hydrogen-bond donors (Lipinski definition) is 0. The molecule has 0 unspecified atom stereocenters. The molecule has 12 aromatic rings. The van der Waals surface area contributed by atoms with Crippen molar-refractivity contribution >= 4 is 92.5 Å². The summed E-state index contributed by atoms with van der Waals surface area (Å²) >= 11 is 0. The van der Waals surface area contributed by atoms with Gasteiger partial charge in [-0.3, -0.25) is 0 Å². The van der Waals surface area contributed by atoms with E-state index in [1.807, 2.05) is 0 Å². The molecule has 0 aliphatic carbocycles. The molecule has 0 atom stereocenters. The molecule has 0 saturated carbocycles. The average molecular weight is 722 g/mol. The lowest BCUT2D eigenvalue weighted by atomic mass is 9.87. The quantitative estimate of drug-likeness (QED) is 0.160. The number of benzene rings is 11. The summed E-state index contributed by atoms with van der Waals surface area (Å²) < 4.78 is 0. The van der Waals surface area contributed by atoms with Gasteiger partial charge in [0.1, 0.15) is 0 Å². The van der Waals surface area contributed by atoms with Crippen molar-refractivity contribution in [2.75, 3.05) is 4.90 Å². The third kappa shape index (κ3) is 4.96. The highest BCUT2D eigenvalue weighted by Crippen LogP contribution is 2.47. The molecular formula is C56H35N. The van der Waals surface area contributed by atoms with Crippen molar-refractivity contribution in [3.63, 3.8) is 0 Å². The van der Waals surface area contributed by atoms with Crippen LogP contribution < -0.4 is 4.90 Å². The zero-order valence-electron chi connectivity index (χ0n) is 31.2. The van der Waals surface area contributed by atoms with Crippen molar-refractivity contribution in [1.29, 1.82) is 0 Å². The van der Waals surface area contributed by atoms with Crippen molar-refractivity contribution in [2.24, 2.45) is 0 Å². The lowest BCUT2D eigenvalue weighted by molar-refractivity contribution is 1.29. The van der Waals surface area contributed by atoms with Crippen LogP contribution in [0.2, 0.25) is 0 Å². The summed E-state index contributed by atoms with van der Waals surface area (Å²) in [4.78, 5) is 2.46. The zero-order valence-corrected chi connectivity index (χ0v) is 31.2. The smallest absolute Gasteiger partial charge is 0.0540 e. The van der Waals surface area contributed by atoms with E-state index in [4.69, 9.17) is 0 Å². The Morgan fingerprint density at radius 3 is 1.44 bits per heavy atom. The van der Waals surface area contributed by atoms with Crippen LogP contribution in [0.4, 0.5) is 17.1 Å². The van der Waals surface area contributed by atoms with Gasteiger partial charge in [0.05, 0.1) is 5.69 Å². The van der Waals surface area contributed by atoms with Crippen LogP contribution in [0.5, 0.6) is 0 Å². The molecule has 0 radical (unpaired) electrons. The van der Waals surface area contributed by atoms with Crippen molar-refractivity contribution in [2.45, 2.75) is 0 Å². The summed E-state index contributed by atoms with van der Waals surface area (Å²) in [5.41, 5.74) is 8.13. The second kappa shape index (κ2) is 12.5. The fourth-order valence-corrected chi connectivity index (χ4v) is 9.53. The zero-order chi connectivity index (χ0) is 37.5. The van der Waals surface area contributed by atoms with Crippen LogP contribution in [-0.2, 0) is 0 Å². The molecule has 1 nitrogen and oxygen atoms in total. The standard InChI is InChI=1S/C56H35N/c1-2-12-38(13-3-1)47-18-6-7-22-52(47)57(45-31-29-37(30-32-45)43-27-23-36-11-4-5-14-42(36)33-43)46-34-44-28-26-41-16-9-20-49-48-19-8-15-39-24-25-40-17-10-21-50(55(40)53(39)48)51(35-46)56(44)54(41)49/h1-35H. The number of rotatable bonds is 5. The van der Waals surface area contributed by atoms with E-state index < -0.39 is 0 Å². The lowest BCUT2D eigenvalue weighted by Gasteiger charge is -2.29. The molecule has 0 aliphatic rings. The number of fused-ring (bicyclic) bond motifs is 3. The molecule has 0 bridgehead atoms. The SMILES string of the molecule is c1ccc(-c2ccccc2N(c2ccc(-c3ccc4ccccc4c3)cc2)c2cc3ccc4cccc5c6cccc7ccc8cccc(c(c2)c3c45)c8c76)cc1. The minimum atomic E-state index is 1.10. The predicted octanol–water partition coefficient (Wildman–Crippen LogP) is 16.0. The number of hydrogen-bond acceptors (Lipinski definition) is 1. The Morgan fingerprint density at radius 1 is 0.246 bits per heavy atom. The molecule has 0 aromatic heterocycles. The summed E-state index contributed by atoms with van der Waals surface area (Å²) in [7, 11) is 0. The van der Waals surface area contributed by atoms with Crippen LogP contribution in [0.25, 0.3) is 97.7 Å². The first-order valence-electron chi connectivity index (χ1n) is 19.8. The Bertz CT molecular complexity index is 3500. The fraction of sp³-hybridized carbons (Fsp3) is 0. The van der Waals surface area contributed by atoms with E-state index in [9.17, 15) is 0 Å². The maximum absolute atomic E-state index is 2.46. The Balaban J connectivity index is 1.18. The van der Waals surface area contributed by atoms with Gasteiger partial charge in [0, 0.05) is 16.9 Å². The Morgan fingerprint density at radius 2 is 0.754 bits per heavy atom. The highest BCUT2D eigenvalue weighted by Gasteiger charge is 2.21. The van der Waals surface area contributed by atoms with Gasteiger partial charge in [0.25, 0.3) is 0 Å². The first-order valence-corrected chi connectivity index (χ1v) is 19.8. The number of anilines is 3. The Kier molecular flexibility index (Phi) is 7.00.